The molecule has 0 atom stereocenters. The van der Waals surface area contributed by atoms with Gasteiger partial charge < -0.3 is 15.3 Å². The molecule has 0 amide bonds. The van der Waals surface area contributed by atoms with Gasteiger partial charge in [0, 0.05) is 11.4 Å². The lowest BCUT2D eigenvalue weighted by Crippen LogP contribution is -2.39. The van der Waals surface area contributed by atoms with Crippen molar-refractivity contribution in [2.24, 2.45) is 10.9 Å². The van der Waals surface area contributed by atoms with E-state index in [1.165, 1.54) is 0 Å². The minimum atomic E-state index is -1.26. The Morgan fingerprint density at radius 3 is 2.35 bits per heavy atom. The number of carbonyl (C=O) groups excluding carboxylic acids is 1. The van der Waals surface area contributed by atoms with Gasteiger partial charge in [0.2, 0.25) is 5.60 Å². The highest BCUT2D eigenvalue weighted by molar-refractivity contribution is 6.42. The van der Waals surface area contributed by atoms with Gasteiger partial charge in [0.05, 0.1) is 10.0 Å². The monoisotopic (exact) mass is 414 g/mol. The average molecular weight is 416 g/mol. The summed E-state index contributed by atoms with van der Waals surface area (Å²) < 4.78 is 5.62. The van der Waals surface area contributed by atoms with Crippen LogP contribution in [0.4, 0.5) is 0 Å². The fourth-order valence-corrected chi connectivity index (χ4v) is 2.39. The SMILES string of the molecule is CC(C)(Oc1ccc(Cl)cc1)C(=O)O/N=C(\N)Cc1ccc(Cl)c(Cl)c1. The first-order chi connectivity index (χ1) is 12.2. The van der Waals surface area contributed by atoms with Crippen LogP contribution in [0.5, 0.6) is 5.75 Å². The molecule has 0 spiro atoms. The molecule has 2 N–H and O–H groups in total. The van der Waals surface area contributed by atoms with Crippen LogP contribution in [0.3, 0.4) is 0 Å². The van der Waals surface area contributed by atoms with Gasteiger partial charge in [-0.05, 0) is 55.8 Å². The van der Waals surface area contributed by atoms with Gasteiger partial charge in [-0.15, -0.1) is 0 Å². The van der Waals surface area contributed by atoms with Crippen LogP contribution < -0.4 is 10.5 Å². The minimum absolute atomic E-state index is 0.110. The zero-order valence-corrected chi connectivity index (χ0v) is 16.4. The molecule has 0 saturated heterocycles. The molecule has 138 valence electrons. The summed E-state index contributed by atoms with van der Waals surface area (Å²) in [5.74, 6) is -0.104. The number of oxime groups is 1. The van der Waals surface area contributed by atoms with Gasteiger partial charge in [-0.25, -0.2) is 4.79 Å². The van der Waals surface area contributed by atoms with E-state index in [1.54, 1.807) is 56.3 Å². The molecule has 2 aromatic rings. The zero-order chi connectivity index (χ0) is 19.3. The Morgan fingerprint density at radius 1 is 1.08 bits per heavy atom. The van der Waals surface area contributed by atoms with E-state index in [2.05, 4.69) is 5.16 Å². The smallest absolute Gasteiger partial charge is 0.377 e. The maximum absolute atomic E-state index is 12.2. The number of rotatable bonds is 6. The van der Waals surface area contributed by atoms with Crippen LogP contribution >= 0.6 is 34.8 Å². The van der Waals surface area contributed by atoms with Crippen molar-refractivity contribution in [3.05, 3.63) is 63.1 Å². The summed E-state index contributed by atoms with van der Waals surface area (Å²) >= 11 is 17.6. The summed E-state index contributed by atoms with van der Waals surface area (Å²) in [5.41, 5.74) is 5.32. The molecule has 0 aliphatic rings. The molecular formula is C18H17Cl3N2O3. The summed E-state index contributed by atoms with van der Waals surface area (Å²) in [5, 5.41) is 5.08. The van der Waals surface area contributed by atoms with Crippen LogP contribution in [-0.2, 0) is 16.1 Å². The Balaban J connectivity index is 1.97. The van der Waals surface area contributed by atoms with E-state index < -0.39 is 11.6 Å². The third-order valence-electron chi connectivity index (χ3n) is 3.29. The molecule has 0 radical (unpaired) electrons. The zero-order valence-electron chi connectivity index (χ0n) is 14.1. The van der Waals surface area contributed by atoms with Crippen LogP contribution in [-0.4, -0.2) is 17.4 Å². The van der Waals surface area contributed by atoms with Crippen LogP contribution in [0.15, 0.2) is 47.6 Å². The lowest BCUT2D eigenvalue weighted by atomic mass is 10.1. The molecule has 0 aliphatic carbocycles. The van der Waals surface area contributed by atoms with E-state index in [0.29, 0.717) is 20.8 Å². The predicted molar refractivity (Wildman–Crippen MR) is 104 cm³/mol. The molecule has 0 unspecified atom stereocenters. The average Bonchev–Trinajstić information content (AvgIpc) is 2.58. The lowest BCUT2D eigenvalue weighted by Gasteiger charge is -2.22. The van der Waals surface area contributed by atoms with Gasteiger partial charge in [0.25, 0.3) is 0 Å². The first-order valence-electron chi connectivity index (χ1n) is 7.59. The standard InChI is InChI=1S/C18H17Cl3N2O3/c1-18(2,25-13-6-4-12(19)5-7-13)17(24)26-23-16(22)10-11-3-8-14(20)15(21)9-11/h3-9H,10H2,1-2H3,(H2,22,23). The number of ether oxygens (including phenoxy) is 1. The van der Waals surface area contributed by atoms with E-state index in [4.69, 9.17) is 50.1 Å². The number of benzene rings is 2. The van der Waals surface area contributed by atoms with Crippen molar-refractivity contribution in [1.82, 2.24) is 0 Å². The first-order valence-corrected chi connectivity index (χ1v) is 8.73. The van der Waals surface area contributed by atoms with E-state index in [1.807, 2.05) is 0 Å². The molecule has 8 heteroatoms. The molecule has 0 heterocycles. The molecule has 0 aromatic heterocycles. The Hall–Kier alpha value is -1.95. The number of nitrogens with zero attached hydrogens (tertiary/aromatic N) is 1. The Morgan fingerprint density at radius 2 is 1.73 bits per heavy atom. The molecule has 0 fully saturated rings. The number of amidine groups is 1. The van der Waals surface area contributed by atoms with Gasteiger partial charge in [-0.1, -0.05) is 46.0 Å². The van der Waals surface area contributed by atoms with Crippen molar-refractivity contribution in [2.75, 3.05) is 0 Å². The minimum Gasteiger partial charge on any atom is -0.476 e. The second kappa shape index (κ2) is 8.62. The van der Waals surface area contributed by atoms with E-state index in [9.17, 15) is 4.79 Å². The second-order valence-corrected chi connectivity index (χ2v) is 7.20. The van der Waals surface area contributed by atoms with Gasteiger partial charge in [-0.3, -0.25) is 0 Å². The Labute approximate surface area is 166 Å². The van der Waals surface area contributed by atoms with Crippen molar-refractivity contribution < 1.29 is 14.4 Å². The molecule has 5 nitrogen and oxygen atoms in total. The number of carbonyl (C=O) groups is 1. The summed E-state index contributed by atoms with van der Waals surface area (Å²) in [7, 11) is 0. The summed E-state index contributed by atoms with van der Waals surface area (Å²) in [6, 6.07) is 11.7. The van der Waals surface area contributed by atoms with Crippen molar-refractivity contribution in [2.45, 2.75) is 25.9 Å². The topological polar surface area (TPSA) is 73.9 Å². The van der Waals surface area contributed by atoms with Gasteiger partial charge in [0.1, 0.15) is 11.6 Å². The molecule has 2 aromatic carbocycles. The number of nitrogens with two attached hydrogens (primary N) is 1. The third kappa shape index (κ3) is 5.80. The Bertz CT molecular complexity index is 821. The van der Waals surface area contributed by atoms with Crippen LogP contribution in [0.2, 0.25) is 15.1 Å². The molecule has 0 bridgehead atoms. The van der Waals surface area contributed by atoms with Crippen molar-refractivity contribution in [3.63, 3.8) is 0 Å². The molecule has 26 heavy (non-hydrogen) atoms. The lowest BCUT2D eigenvalue weighted by molar-refractivity contribution is -0.159. The second-order valence-electron chi connectivity index (χ2n) is 5.95. The van der Waals surface area contributed by atoms with Gasteiger partial charge in [0.15, 0.2) is 0 Å². The highest BCUT2D eigenvalue weighted by Crippen LogP contribution is 2.23. The van der Waals surface area contributed by atoms with E-state index in [0.717, 1.165) is 5.56 Å². The largest absolute Gasteiger partial charge is 0.476 e. The fourth-order valence-electron chi connectivity index (χ4n) is 1.94. The van der Waals surface area contributed by atoms with E-state index >= 15 is 0 Å². The summed E-state index contributed by atoms with van der Waals surface area (Å²) in [6.07, 6.45) is 0.253. The van der Waals surface area contributed by atoms with Crippen LogP contribution in [0, 0.1) is 0 Å². The van der Waals surface area contributed by atoms with Crippen molar-refractivity contribution in [1.29, 1.82) is 0 Å². The fraction of sp³-hybridized carbons (Fsp3) is 0.222. The normalized spacial score (nSPS) is 12.0. The molecule has 0 saturated carbocycles. The van der Waals surface area contributed by atoms with E-state index in [-0.39, 0.29) is 12.3 Å². The highest BCUT2D eigenvalue weighted by Gasteiger charge is 2.32. The first kappa shape index (κ1) is 20.4. The summed E-state index contributed by atoms with van der Waals surface area (Å²) in [6.45, 7) is 3.13. The quantitative estimate of drug-likeness (QED) is 0.316. The third-order valence-corrected chi connectivity index (χ3v) is 4.28. The van der Waals surface area contributed by atoms with Crippen molar-refractivity contribution >= 4 is 46.6 Å². The maximum atomic E-state index is 12.2. The molecule has 2 rings (SSSR count). The summed E-state index contributed by atoms with van der Waals surface area (Å²) in [4.78, 5) is 17.1. The van der Waals surface area contributed by atoms with Crippen molar-refractivity contribution in [3.8, 4) is 5.75 Å². The maximum Gasteiger partial charge on any atom is 0.377 e. The highest BCUT2D eigenvalue weighted by atomic mass is 35.5. The van der Waals surface area contributed by atoms with Crippen LogP contribution in [0.25, 0.3) is 0 Å². The predicted octanol–water partition coefficient (Wildman–Crippen LogP) is 4.86. The molecule has 0 aliphatic heterocycles. The van der Waals surface area contributed by atoms with Gasteiger partial charge in [-0.2, -0.15) is 0 Å². The number of halogens is 3. The number of hydrogen-bond donors (Lipinski definition) is 1. The Kier molecular flexibility index (Phi) is 6.75. The van der Waals surface area contributed by atoms with Crippen LogP contribution in [0.1, 0.15) is 19.4 Å². The molecular weight excluding hydrogens is 399 g/mol. The number of hydrogen-bond acceptors (Lipinski definition) is 4. The van der Waals surface area contributed by atoms with Gasteiger partial charge >= 0.3 is 5.97 Å².